The Morgan fingerprint density at radius 1 is 1.10 bits per heavy atom. The Balaban J connectivity index is 1.65. The monoisotopic (exact) mass is 429 g/mol. The molecule has 0 aliphatic rings. The van der Waals surface area contributed by atoms with E-state index in [9.17, 15) is 10.2 Å². The van der Waals surface area contributed by atoms with Gasteiger partial charge in [-0.1, -0.05) is 28.9 Å². The van der Waals surface area contributed by atoms with Gasteiger partial charge < -0.3 is 29.6 Å². The first-order chi connectivity index (χ1) is 14.5. The van der Waals surface area contributed by atoms with Crippen LogP contribution in [0.25, 0.3) is 33.8 Å². The van der Waals surface area contributed by atoms with Crippen LogP contribution in [0.5, 0.6) is 5.75 Å². The maximum Gasteiger partial charge on any atom is 0.258 e. The quantitative estimate of drug-likeness (QED) is 0.408. The highest BCUT2D eigenvalue weighted by Crippen LogP contribution is 2.32. The second-order valence-corrected chi connectivity index (χ2v) is 7.24. The number of hydrogen-bond donors (Lipinski definition) is 3. The summed E-state index contributed by atoms with van der Waals surface area (Å²) in [5.74, 6) is 1.57. The summed E-state index contributed by atoms with van der Waals surface area (Å²) in [4.78, 5) is 4.44. The van der Waals surface area contributed by atoms with Crippen LogP contribution in [0.4, 0.5) is 0 Å². The molecule has 156 valence electrons. The van der Waals surface area contributed by atoms with Crippen LogP contribution in [0.15, 0.2) is 51.4 Å². The van der Waals surface area contributed by atoms with Crippen molar-refractivity contribution in [2.75, 3.05) is 19.8 Å². The number of aromatic nitrogens is 2. The predicted octanol–water partition coefficient (Wildman–Crippen LogP) is 3.34. The summed E-state index contributed by atoms with van der Waals surface area (Å²) < 4.78 is 16.6. The summed E-state index contributed by atoms with van der Waals surface area (Å²) in [6, 6.07) is 12.3. The zero-order chi connectivity index (χ0) is 21.3. The lowest BCUT2D eigenvalue weighted by Crippen LogP contribution is -2.43. The Labute approximate surface area is 176 Å². The lowest BCUT2D eigenvalue weighted by molar-refractivity contribution is 0.105. The Kier molecular flexibility index (Phi) is 5.48. The van der Waals surface area contributed by atoms with Crippen molar-refractivity contribution in [3.05, 3.63) is 53.2 Å². The molecular formula is C21H20ClN3O5. The number of hydrogen-bond acceptors (Lipinski definition) is 8. The van der Waals surface area contributed by atoms with Crippen LogP contribution in [0.3, 0.4) is 0 Å². The molecule has 0 unspecified atom stereocenters. The summed E-state index contributed by atoms with van der Waals surface area (Å²) in [7, 11) is 0. The summed E-state index contributed by atoms with van der Waals surface area (Å²) in [5.41, 5.74) is 6.50. The minimum absolute atomic E-state index is 0.289. The number of nitrogens with two attached hydrogens (primary N) is 1. The van der Waals surface area contributed by atoms with Gasteiger partial charge in [0, 0.05) is 16.5 Å². The standard InChI is InChI=1S/C21H20ClN3O5/c1-2-28-16-6-5-14(7-15(16)22)20-24-19(25-30-20)13-4-3-12-9-18(29-17(12)8-13)21(23,10-26)11-27/h3-9,26-27H,2,10-11,23H2,1H3. The molecule has 30 heavy (non-hydrogen) atoms. The third-order valence-corrected chi connectivity index (χ3v) is 5.03. The van der Waals surface area contributed by atoms with Gasteiger partial charge in [-0.15, -0.1) is 0 Å². The fourth-order valence-corrected chi connectivity index (χ4v) is 3.22. The zero-order valence-electron chi connectivity index (χ0n) is 16.1. The maximum absolute atomic E-state index is 9.48. The van der Waals surface area contributed by atoms with E-state index in [0.717, 1.165) is 5.39 Å². The van der Waals surface area contributed by atoms with Gasteiger partial charge in [-0.3, -0.25) is 0 Å². The minimum Gasteiger partial charge on any atom is -0.492 e. The normalized spacial score (nSPS) is 11.9. The van der Waals surface area contributed by atoms with E-state index in [0.29, 0.717) is 45.8 Å². The van der Waals surface area contributed by atoms with Gasteiger partial charge in [0.2, 0.25) is 5.82 Å². The van der Waals surface area contributed by atoms with Gasteiger partial charge in [0.15, 0.2) is 0 Å². The van der Waals surface area contributed by atoms with Crippen molar-refractivity contribution in [1.82, 2.24) is 10.1 Å². The van der Waals surface area contributed by atoms with Crippen molar-refractivity contribution in [3.8, 4) is 28.6 Å². The molecule has 2 aromatic heterocycles. The van der Waals surface area contributed by atoms with Crippen molar-refractivity contribution in [1.29, 1.82) is 0 Å². The Bertz CT molecular complexity index is 1180. The number of fused-ring (bicyclic) bond motifs is 1. The number of furan rings is 1. The van der Waals surface area contributed by atoms with Gasteiger partial charge in [-0.2, -0.15) is 4.98 Å². The van der Waals surface area contributed by atoms with Crippen LogP contribution in [0.1, 0.15) is 12.7 Å². The SMILES string of the molecule is CCOc1ccc(-c2nc(-c3ccc4cc(C(N)(CO)CO)oc4c3)no2)cc1Cl. The van der Waals surface area contributed by atoms with E-state index in [1.165, 1.54) is 0 Å². The Morgan fingerprint density at radius 3 is 2.57 bits per heavy atom. The second-order valence-electron chi connectivity index (χ2n) is 6.84. The van der Waals surface area contributed by atoms with Gasteiger partial charge in [0.05, 0.1) is 24.8 Å². The molecule has 2 heterocycles. The molecule has 0 atom stereocenters. The first kappa shape index (κ1) is 20.4. The minimum atomic E-state index is -1.36. The third-order valence-electron chi connectivity index (χ3n) is 4.74. The second kappa shape index (κ2) is 8.08. The first-order valence-electron chi connectivity index (χ1n) is 9.29. The average Bonchev–Trinajstić information content (AvgIpc) is 3.42. The zero-order valence-corrected chi connectivity index (χ0v) is 16.9. The van der Waals surface area contributed by atoms with Crippen molar-refractivity contribution < 1.29 is 23.9 Å². The van der Waals surface area contributed by atoms with Crippen LogP contribution in [0, 0.1) is 0 Å². The van der Waals surface area contributed by atoms with E-state index >= 15 is 0 Å². The van der Waals surface area contributed by atoms with Crippen LogP contribution >= 0.6 is 11.6 Å². The molecule has 0 amide bonds. The van der Waals surface area contributed by atoms with Crippen LogP contribution in [-0.2, 0) is 5.54 Å². The molecule has 0 aliphatic heterocycles. The number of nitrogens with zero attached hydrogens (tertiary/aromatic N) is 2. The van der Waals surface area contributed by atoms with E-state index in [2.05, 4.69) is 10.1 Å². The molecule has 2 aromatic carbocycles. The van der Waals surface area contributed by atoms with Crippen LogP contribution in [0.2, 0.25) is 5.02 Å². The fourth-order valence-electron chi connectivity index (χ4n) is 2.99. The van der Waals surface area contributed by atoms with Crippen LogP contribution in [-0.4, -0.2) is 40.2 Å². The molecule has 4 N–H and O–H groups in total. The van der Waals surface area contributed by atoms with E-state index in [1.54, 1.807) is 30.3 Å². The highest BCUT2D eigenvalue weighted by Gasteiger charge is 2.30. The topological polar surface area (TPSA) is 128 Å². The van der Waals surface area contributed by atoms with Crippen molar-refractivity contribution >= 4 is 22.6 Å². The lowest BCUT2D eigenvalue weighted by atomic mass is 10.00. The molecule has 0 spiro atoms. The van der Waals surface area contributed by atoms with E-state index < -0.39 is 18.8 Å². The highest BCUT2D eigenvalue weighted by molar-refractivity contribution is 6.32. The molecule has 9 heteroatoms. The smallest absolute Gasteiger partial charge is 0.258 e. The third kappa shape index (κ3) is 3.66. The van der Waals surface area contributed by atoms with Crippen molar-refractivity contribution in [2.45, 2.75) is 12.5 Å². The number of ether oxygens (including phenoxy) is 1. The van der Waals surface area contributed by atoms with Gasteiger partial charge in [-0.05, 0) is 37.3 Å². The molecule has 0 aliphatic carbocycles. The van der Waals surface area contributed by atoms with Crippen molar-refractivity contribution in [3.63, 3.8) is 0 Å². The summed E-state index contributed by atoms with van der Waals surface area (Å²) in [6.45, 7) is 1.50. The Morgan fingerprint density at radius 2 is 1.87 bits per heavy atom. The average molecular weight is 430 g/mol. The largest absolute Gasteiger partial charge is 0.492 e. The number of aliphatic hydroxyl groups excluding tert-OH is 2. The van der Waals surface area contributed by atoms with Gasteiger partial charge in [0.1, 0.15) is 22.6 Å². The predicted molar refractivity (Wildman–Crippen MR) is 111 cm³/mol. The number of benzene rings is 2. The number of rotatable bonds is 7. The molecule has 0 saturated carbocycles. The summed E-state index contributed by atoms with van der Waals surface area (Å²) in [5, 5.41) is 24.2. The molecule has 0 fully saturated rings. The van der Waals surface area contributed by atoms with E-state index in [4.69, 9.17) is 31.0 Å². The highest BCUT2D eigenvalue weighted by atomic mass is 35.5. The molecule has 0 radical (unpaired) electrons. The molecular weight excluding hydrogens is 410 g/mol. The van der Waals surface area contributed by atoms with E-state index in [-0.39, 0.29) is 5.76 Å². The molecule has 8 nitrogen and oxygen atoms in total. The van der Waals surface area contributed by atoms with Crippen molar-refractivity contribution in [2.24, 2.45) is 5.73 Å². The summed E-state index contributed by atoms with van der Waals surface area (Å²) in [6.07, 6.45) is 0. The van der Waals surface area contributed by atoms with E-state index in [1.807, 2.05) is 19.1 Å². The molecule has 0 saturated heterocycles. The number of aliphatic hydroxyl groups is 2. The number of halogens is 1. The summed E-state index contributed by atoms with van der Waals surface area (Å²) >= 11 is 6.24. The maximum atomic E-state index is 9.48. The Hall–Kier alpha value is -2.91. The lowest BCUT2D eigenvalue weighted by Gasteiger charge is -2.21. The van der Waals surface area contributed by atoms with Crippen LogP contribution < -0.4 is 10.5 Å². The molecule has 0 bridgehead atoms. The molecule has 4 aromatic rings. The van der Waals surface area contributed by atoms with Gasteiger partial charge >= 0.3 is 0 Å². The van der Waals surface area contributed by atoms with Gasteiger partial charge in [-0.25, -0.2) is 0 Å². The first-order valence-corrected chi connectivity index (χ1v) is 9.66. The fraction of sp³-hybridized carbons (Fsp3) is 0.238. The van der Waals surface area contributed by atoms with Gasteiger partial charge in [0.25, 0.3) is 5.89 Å². The molecule has 4 rings (SSSR count).